The highest BCUT2D eigenvalue weighted by molar-refractivity contribution is 5.83. The third-order valence-corrected chi connectivity index (χ3v) is 4.78. The molecule has 1 heterocycles. The van der Waals surface area contributed by atoms with Crippen molar-refractivity contribution in [2.24, 2.45) is 0 Å². The van der Waals surface area contributed by atoms with E-state index in [1.165, 1.54) is 23.7 Å². The molecule has 1 fully saturated rings. The van der Waals surface area contributed by atoms with E-state index in [9.17, 15) is 0 Å². The summed E-state index contributed by atoms with van der Waals surface area (Å²) in [5.74, 6) is 0.987. The van der Waals surface area contributed by atoms with Crippen LogP contribution in [0.3, 0.4) is 0 Å². The van der Waals surface area contributed by atoms with E-state index in [1.807, 2.05) is 6.08 Å². The molecular weight excluding hydrogens is 338 g/mol. The van der Waals surface area contributed by atoms with Crippen LogP contribution in [0.5, 0.6) is 5.75 Å². The van der Waals surface area contributed by atoms with Gasteiger partial charge in [0, 0.05) is 12.8 Å². The molecule has 2 aromatic carbocycles. The Bertz CT molecular complexity index is 642. The molecule has 3 rings (SSSR count). The van der Waals surface area contributed by atoms with E-state index >= 15 is 0 Å². The number of hydrogen-bond acceptors (Lipinski definition) is 1. The first-order valence-electron chi connectivity index (χ1n) is 7.89. The zero-order valence-corrected chi connectivity index (χ0v) is 14.8. The predicted molar refractivity (Wildman–Crippen MR) is 88.3 cm³/mol. The smallest absolute Gasteiger partial charge is 0.234 e. The average molecular weight is 362 g/mol. The third kappa shape index (κ3) is 3.21. The molecule has 1 saturated heterocycles. The Labute approximate surface area is 143 Å². The second kappa shape index (κ2) is 7.30. The van der Waals surface area contributed by atoms with E-state index < -0.39 is 0 Å². The van der Waals surface area contributed by atoms with E-state index in [0.717, 1.165) is 29.7 Å². The lowest BCUT2D eigenvalue weighted by atomic mass is 10.1. The lowest BCUT2D eigenvalue weighted by molar-refractivity contribution is -0.949. The van der Waals surface area contributed by atoms with Crippen LogP contribution in [0.2, 0.25) is 0 Å². The standard InChI is InChI=1S/C19H24NO.BrH/c1-3-13-20(4-2)14-7-10-19(20)21-18-12-11-16-8-5-6-9-17(16)15-18;/h3,5-6,8-9,11-12,15,19H,1,4,7,10,13-14H2,2H3;1H/q+1;/p-1. The number of halogens is 1. The highest BCUT2D eigenvalue weighted by Crippen LogP contribution is 2.30. The van der Waals surface area contributed by atoms with Gasteiger partial charge in [0.2, 0.25) is 6.23 Å². The molecule has 0 aromatic heterocycles. The summed E-state index contributed by atoms with van der Waals surface area (Å²) in [6.45, 7) is 9.48. The van der Waals surface area contributed by atoms with Gasteiger partial charge in [-0.15, -0.1) is 0 Å². The molecule has 0 saturated carbocycles. The van der Waals surface area contributed by atoms with Crippen LogP contribution in [0.4, 0.5) is 0 Å². The van der Waals surface area contributed by atoms with Crippen molar-refractivity contribution in [3.8, 4) is 5.75 Å². The van der Waals surface area contributed by atoms with Crippen molar-refractivity contribution in [3.05, 3.63) is 55.1 Å². The maximum Gasteiger partial charge on any atom is 0.234 e. The Morgan fingerprint density at radius 3 is 2.73 bits per heavy atom. The summed E-state index contributed by atoms with van der Waals surface area (Å²) in [4.78, 5) is 0. The van der Waals surface area contributed by atoms with Crippen LogP contribution >= 0.6 is 0 Å². The molecule has 2 unspecified atom stereocenters. The van der Waals surface area contributed by atoms with Crippen LogP contribution in [0.15, 0.2) is 55.1 Å². The zero-order valence-electron chi connectivity index (χ0n) is 13.2. The number of hydrogen-bond donors (Lipinski definition) is 0. The minimum atomic E-state index is 0. The number of quaternary nitrogens is 1. The molecule has 0 aliphatic carbocycles. The van der Waals surface area contributed by atoms with Gasteiger partial charge in [0.1, 0.15) is 5.75 Å². The first-order chi connectivity index (χ1) is 10.3. The fraction of sp³-hybridized carbons (Fsp3) is 0.368. The number of likely N-dealkylation sites (N-methyl/N-ethyl adjacent to an activating group) is 1. The number of likely N-dealkylation sites (tertiary alicyclic amines) is 1. The fourth-order valence-electron chi connectivity index (χ4n) is 3.52. The van der Waals surface area contributed by atoms with Crippen molar-refractivity contribution in [2.45, 2.75) is 26.0 Å². The lowest BCUT2D eigenvalue weighted by Crippen LogP contribution is -3.00. The van der Waals surface area contributed by atoms with Gasteiger partial charge in [-0.05, 0) is 35.9 Å². The summed E-state index contributed by atoms with van der Waals surface area (Å²) in [5, 5.41) is 2.50. The Morgan fingerprint density at radius 1 is 1.23 bits per heavy atom. The Kier molecular flexibility index (Phi) is 5.65. The maximum atomic E-state index is 6.37. The molecule has 1 aliphatic rings. The number of rotatable bonds is 5. The highest BCUT2D eigenvalue weighted by Gasteiger charge is 2.41. The van der Waals surface area contributed by atoms with Gasteiger partial charge in [0.15, 0.2) is 0 Å². The topological polar surface area (TPSA) is 9.23 Å². The van der Waals surface area contributed by atoms with Crippen molar-refractivity contribution in [1.29, 1.82) is 0 Å². The van der Waals surface area contributed by atoms with Gasteiger partial charge >= 0.3 is 0 Å². The lowest BCUT2D eigenvalue weighted by Gasteiger charge is -2.37. The van der Waals surface area contributed by atoms with Crippen molar-refractivity contribution in [3.63, 3.8) is 0 Å². The minimum absolute atomic E-state index is 0. The molecule has 22 heavy (non-hydrogen) atoms. The summed E-state index contributed by atoms with van der Waals surface area (Å²) in [7, 11) is 0. The molecule has 1 aliphatic heterocycles. The van der Waals surface area contributed by atoms with E-state index in [1.54, 1.807) is 0 Å². The van der Waals surface area contributed by atoms with Crippen molar-refractivity contribution in [2.75, 3.05) is 19.6 Å². The summed E-state index contributed by atoms with van der Waals surface area (Å²) in [5.41, 5.74) is 0. The molecule has 0 bridgehead atoms. The van der Waals surface area contributed by atoms with Crippen LogP contribution in [0, 0.1) is 0 Å². The predicted octanol–water partition coefficient (Wildman–Crippen LogP) is 1.37. The van der Waals surface area contributed by atoms with E-state index in [2.05, 4.69) is 56.0 Å². The van der Waals surface area contributed by atoms with Crippen LogP contribution < -0.4 is 21.7 Å². The molecule has 118 valence electrons. The van der Waals surface area contributed by atoms with Crippen molar-refractivity contribution in [1.82, 2.24) is 0 Å². The molecule has 0 radical (unpaired) electrons. The van der Waals surface area contributed by atoms with E-state index in [0.29, 0.717) is 0 Å². The van der Waals surface area contributed by atoms with Crippen LogP contribution in [-0.2, 0) is 0 Å². The zero-order chi connectivity index (χ0) is 14.7. The normalized spacial score (nSPS) is 24.0. The maximum absolute atomic E-state index is 6.37. The molecule has 0 spiro atoms. The van der Waals surface area contributed by atoms with Crippen LogP contribution in [0.25, 0.3) is 10.8 Å². The first-order valence-corrected chi connectivity index (χ1v) is 7.89. The Balaban J connectivity index is 0.00000176. The van der Waals surface area contributed by atoms with Gasteiger partial charge in [-0.1, -0.05) is 36.9 Å². The molecule has 2 nitrogen and oxygen atoms in total. The van der Waals surface area contributed by atoms with E-state index in [-0.39, 0.29) is 23.2 Å². The second-order valence-corrected chi connectivity index (χ2v) is 5.95. The quantitative estimate of drug-likeness (QED) is 0.577. The van der Waals surface area contributed by atoms with Crippen molar-refractivity contribution < 1.29 is 26.2 Å². The largest absolute Gasteiger partial charge is 1.00 e. The third-order valence-electron chi connectivity index (χ3n) is 4.78. The van der Waals surface area contributed by atoms with Crippen LogP contribution in [-0.4, -0.2) is 30.3 Å². The molecule has 3 heteroatoms. The molecular formula is C19H24BrNO. The molecule has 2 aromatic rings. The number of benzene rings is 2. The summed E-state index contributed by atoms with van der Waals surface area (Å²) >= 11 is 0. The van der Waals surface area contributed by atoms with Gasteiger partial charge in [0.05, 0.1) is 19.6 Å². The number of fused-ring (bicyclic) bond motifs is 1. The average Bonchev–Trinajstić information content (AvgIpc) is 2.91. The van der Waals surface area contributed by atoms with Gasteiger partial charge < -0.3 is 21.7 Å². The van der Waals surface area contributed by atoms with Gasteiger partial charge in [-0.3, -0.25) is 4.48 Å². The Hall–Kier alpha value is -1.32. The summed E-state index contributed by atoms with van der Waals surface area (Å²) in [6, 6.07) is 14.8. The molecule has 0 amide bonds. The minimum Gasteiger partial charge on any atom is -1.00 e. The van der Waals surface area contributed by atoms with Crippen LogP contribution in [0.1, 0.15) is 19.8 Å². The SMILES string of the molecule is C=CC[N+]1(CC)CCCC1Oc1ccc2ccccc2c1.[Br-]. The highest BCUT2D eigenvalue weighted by atomic mass is 79.9. The second-order valence-electron chi connectivity index (χ2n) is 5.95. The number of nitrogens with zero attached hydrogens (tertiary/aromatic N) is 1. The van der Waals surface area contributed by atoms with E-state index in [4.69, 9.17) is 4.74 Å². The molecule has 0 N–H and O–H groups in total. The number of ether oxygens (including phenoxy) is 1. The Morgan fingerprint density at radius 2 is 2.00 bits per heavy atom. The molecule has 2 atom stereocenters. The first kappa shape index (κ1) is 17.0. The fourth-order valence-corrected chi connectivity index (χ4v) is 3.52. The van der Waals surface area contributed by atoms with Crippen molar-refractivity contribution >= 4 is 10.8 Å². The summed E-state index contributed by atoms with van der Waals surface area (Å²) < 4.78 is 7.38. The summed E-state index contributed by atoms with van der Waals surface area (Å²) in [6.07, 6.45) is 4.66. The monoisotopic (exact) mass is 361 g/mol. The van der Waals surface area contributed by atoms with Gasteiger partial charge in [-0.2, -0.15) is 0 Å². The van der Waals surface area contributed by atoms with Gasteiger partial charge in [-0.25, -0.2) is 0 Å². The van der Waals surface area contributed by atoms with Gasteiger partial charge in [0.25, 0.3) is 0 Å².